The molecule has 0 spiro atoms. The summed E-state index contributed by atoms with van der Waals surface area (Å²) in [6.07, 6.45) is 3.15. The standard InChI is InChI=1S/C21H17FN2O3/c1-14(25)19(21(26)27-2)12-16-13-24(18-6-4-3-5-7-18)23-20(16)15-8-10-17(22)11-9-15/h3-13H,1-2H3/b19-12+. The highest BCUT2D eigenvalue weighted by molar-refractivity contribution is 6.20. The Morgan fingerprint density at radius 2 is 1.74 bits per heavy atom. The van der Waals surface area contributed by atoms with Crippen LogP contribution in [0.1, 0.15) is 12.5 Å². The van der Waals surface area contributed by atoms with Crippen LogP contribution in [0.5, 0.6) is 0 Å². The largest absolute Gasteiger partial charge is 0.465 e. The van der Waals surface area contributed by atoms with E-state index in [-0.39, 0.29) is 11.4 Å². The Morgan fingerprint density at radius 1 is 1.07 bits per heavy atom. The summed E-state index contributed by atoms with van der Waals surface area (Å²) >= 11 is 0. The second-order valence-electron chi connectivity index (χ2n) is 5.83. The molecule has 0 saturated carbocycles. The summed E-state index contributed by atoms with van der Waals surface area (Å²) in [5.41, 5.74) is 2.43. The number of methoxy groups -OCH3 is 1. The molecule has 0 atom stereocenters. The fourth-order valence-corrected chi connectivity index (χ4v) is 2.61. The normalized spacial score (nSPS) is 11.3. The van der Waals surface area contributed by atoms with Crippen LogP contribution >= 0.6 is 0 Å². The van der Waals surface area contributed by atoms with Gasteiger partial charge in [-0.05, 0) is 49.4 Å². The van der Waals surface area contributed by atoms with Crippen LogP contribution < -0.4 is 0 Å². The van der Waals surface area contributed by atoms with Gasteiger partial charge in [-0.1, -0.05) is 18.2 Å². The number of hydrogen-bond donors (Lipinski definition) is 0. The monoisotopic (exact) mass is 364 g/mol. The minimum Gasteiger partial charge on any atom is -0.465 e. The van der Waals surface area contributed by atoms with Crippen LogP contribution in [0.15, 0.2) is 66.4 Å². The first-order chi connectivity index (χ1) is 13.0. The van der Waals surface area contributed by atoms with Crippen LogP contribution in [0, 0.1) is 5.82 Å². The summed E-state index contributed by atoms with van der Waals surface area (Å²) in [5.74, 6) is -1.50. The van der Waals surface area contributed by atoms with E-state index in [0.717, 1.165) is 5.69 Å². The summed E-state index contributed by atoms with van der Waals surface area (Å²) < 4.78 is 19.6. The van der Waals surface area contributed by atoms with Crippen LogP contribution in [0.25, 0.3) is 23.0 Å². The van der Waals surface area contributed by atoms with Gasteiger partial charge in [-0.2, -0.15) is 5.10 Å². The van der Waals surface area contributed by atoms with E-state index in [9.17, 15) is 14.0 Å². The molecule has 0 saturated heterocycles. The molecule has 27 heavy (non-hydrogen) atoms. The minimum absolute atomic E-state index is 0.0894. The molecular formula is C21H17FN2O3. The minimum atomic E-state index is -0.722. The Balaban J connectivity index is 2.18. The van der Waals surface area contributed by atoms with Crippen LogP contribution in [-0.4, -0.2) is 28.6 Å². The third kappa shape index (κ3) is 4.00. The predicted octanol–water partition coefficient (Wildman–Crippen LogP) is 3.82. The van der Waals surface area contributed by atoms with E-state index in [4.69, 9.17) is 4.74 Å². The number of ketones is 1. The third-order valence-electron chi connectivity index (χ3n) is 3.97. The summed E-state index contributed by atoms with van der Waals surface area (Å²) in [5, 5.41) is 4.56. The predicted molar refractivity (Wildman–Crippen MR) is 99.6 cm³/mol. The van der Waals surface area contributed by atoms with E-state index >= 15 is 0 Å². The Bertz CT molecular complexity index is 1010. The number of ether oxygens (including phenoxy) is 1. The number of carbonyl (C=O) groups excluding carboxylic acids is 2. The van der Waals surface area contributed by atoms with Gasteiger partial charge in [0.25, 0.3) is 0 Å². The Morgan fingerprint density at radius 3 is 2.33 bits per heavy atom. The van der Waals surface area contributed by atoms with E-state index in [1.54, 1.807) is 23.0 Å². The van der Waals surface area contributed by atoms with Gasteiger partial charge in [0.15, 0.2) is 5.78 Å². The lowest BCUT2D eigenvalue weighted by atomic mass is 10.0. The zero-order chi connectivity index (χ0) is 19.4. The van der Waals surface area contributed by atoms with Gasteiger partial charge >= 0.3 is 5.97 Å². The fraction of sp³-hybridized carbons (Fsp3) is 0.0952. The maximum absolute atomic E-state index is 13.3. The molecule has 0 aliphatic rings. The summed E-state index contributed by atoms with van der Waals surface area (Å²) in [4.78, 5) is 23.8. The van der Waals surface area contributed by atoms with Crippen LogP contribution in [-0.2, 0) is 14.3 Å². The zero-order valence-corrected chi connectivity index (χ0v) is 14.8. The molecule has 5 nitrogen and oxygen atoms in total. The van der Waals surface area contributed by atoms with Crippen LogP contribution in [0.3, 0.4) is 0 Å². The van der Waals surface area contributed by atoms with Crippen molar-refractivity contribution in [1.82, 2.24) is 9.78 Å². The number of benzene rings is 2. The number of para-hydroxylation sites is 1. The van der Waals surface area contributed by atoms with Crippen molar-refractivity contribution in [1.29, 1.82) is 0 Å². The maximum atomic E-state index is 13.3. The molecule has 0 unspecified atom stereocenters. The van der Waals surface area contributed by atoms with Crippen molar-refractivity contribution in [3.63, 3.8) is 0 Å². The zero-order valence-electron chi connectivity index (χ0n) is 14.8. The van der Waals surface area contributed by atoms with Crippen molar-refractivity contribution < 1.29 is 18.7 Å². The molecule has 3 aromatic rings. The number of rotatable bonds is 5. The highest BCUT2D eigenvalue weighted by Crippen LogP contribution is 2.26. The van der Waals surface area contributed by atoms with Crippen LogP contribution in [0.2, 0.25) is 0 Å². The summed E-state index contributed by atoms with van der Waals surface area (Å²) in [7, 11) is 1.22. The number of hydrogen-bond acceptors (Lipinski definition) is 4. The SMILES string of the molecule is COC(=O)/C(=C/c1cn(-c2ccccc2)nc1-c1ccc(F)cc1)C(C)=O. The smallest absolute Gasteiger partial charge is 0.341 e. The lowest BCUT2D eigenvalue weighted by molar-refractivity contribution is -0.137. The van der Waals surface area contributed by atoms with Crippen molar-refractivity contribution in [2.45, 2.75) is 6.92 Å². The van der Waals surface area contributed by atoms with Crippen molar-refractivity contribution in [2.75, 3.05) is 7.11 Å². The second-order valence-corrected chi connectivity index (χ2v) is 5.83. The lowest BCUT2D eigenvalue weighted by Crippen LogP contribution is -2.11. The quantitative estimate of drug-likeness (QED) is 0.299. The van der Waals surface area contributed by atoms with Gasteiger partial charge in [-0.3, -0.25) is 4.79 Å². The van der Waals surface area contributed by atoms with Gasteiger partial charge in [0.2, 0.25) is 0 Å². The van der Waals surface area contributed by atoms with Gasteiger partial charge in [-0.15, -0.1) is 0 Å². The Kier molecular flexibility index (Phi) is 5.26. The van der Waals surface area contributed by atoms with Crippen LogP contribution in [0.4, 0.5) is 4.39 Å². The lowest BCUT2D eigenvalue weighted by Gasteiger charge is -2.02. The molecule has 136 valence electrons. The van der Waals surface area contributed by atoms with Crippen molar-refractivity contribution in [3.05, 3.63) is 77.7 Å². The van der Waals surface area contributed by atoms with Gasteiger partial charge in [0.1, 0.15) is 11.4 Å². The molecule has 0 N–H and O–H groups in total. The molecule has 1 aromatic heterocycles. The molecule has 0 aliphatic carbocycles. The number of nitrogens with zero attached hydrogens (tertiary/aromatic N) is 2. The Hall–Kier alpha value is -3.54. The highest BCUT2D eigenvalue weighted by atomic mass is 19.1. The van der Waals surface area contributed by atoms with Gasteiger partial charge in [0, 0.05) is 17.3 Å². The molecule has 0 fully saturated rings. The first-order valence-electron chi connectivity index (χ1n) is 8.21. The van der Waals surface area contributed by atoms with E-state index in [2.05, 4.69) is 5.10 Å². The molecule has 3 rings (SSSR count). The van der Waals surface area contributed by atoms with Gasteiger partial charge in [-0.25, -0.2) is 13.9 Å². The molecule has 0 radical (unpaired) electrons. The molecule has 2 aromatic carbocycles. The van der Waals surface area contributed by atoms with E-state index in [0.29, 0.717) is 16.8 Å². The number of carbonyl (C=O) groups is 2. The molecule has 0 aliphatic heterocycles. The molecule has 0 amide bonds. The summed E-state index contributed by atoms with van der Waals surface area (Å²) in [6.45, 7) is 1.29. The molecular weight excluding hydrogens is 347 g/mol. The highest BCUT2D eigenvalue weighted by Gasteiger charge is 2.18. The van der Waals surface area contributed by atoms with E-state index in [1.165, 1.54) is 32.2 Å². The first-order valence-corrected chi connectivity index (χ1v) is 8.21. The number of halogens is 1. The Labute approximate surface area is 155 Å². The average molecular weight is 364 g/mol. The number of Topliss-reactive ketones (excluding diaryl/α,β-unsaturated/α-hetero) is 1. The topological polar surface area (TPSA) is 61.2 Å². The molecule has 6 heteroatoms. The average Bonchev–Trinajstić information content (AvgIpc) is 3.10. The van der Waals surface area contributed by atoms with Gasteiger partial charge in [0.05, 0.1) is 18.5 Å². The van der Waals surface area contributed by atoms with E-state index in [1.807, 2.05) is 30.3 Å². The van der Waals surface area contributed by atoms with Crippen molar-refractivity contribution in [2.24, 2.45) is 0 Å². The second kappa shape index (κ2) is 7.78. The maximum Gasteiger partial charge on any atom is 0.341 e. The number of aromatic nitrogens is 2. The molecule has 0 bridgehead atoms. The first kappa shape index (κ1) is 18.3. The fourth-order valence-electron chi connectivity index (χ4n) is 2.61. The van der Waals surface area contributed by atoms with Crippen molar-refractivity contribution in [3.8, 4) is 16.9 Å². The third-order valence-corrected chi connectivity index (χ3v) is 3.97. The van der Waals surface area contributed by atoms with Gasteiger partial charge < -0.3 is 4.74 Å². The summed E-state index contributed by atoms with van der Waals surface area (Å²) in [6, 6.07) is 15.2. The van der Waals surface area contributed by atoms with E-state index < -0.39 is 11.8 Å². The van der Waals surface area contributed by atoms with Crippen molar-refractivity contribution >= 4 is 17.8 Å². The number of esters is 1. The molecule has 1 heterocycles.